The fraction of sp³-hybridized carbons (Fsp3) is 0.542. The van der Waals surface area contributed by atoms with E-state index in [9.17, 15) is 4.79 Å². The van der Waals surface area contributed by atoms with Gasteiger partial charge in [-0.1, -0.05) is 96.9 Å². The summed E-state index contributed by atoms with van der Waals surface area (Å²) in [6.45, 7) is 18.1. The van der Waals surface area contributed by atoms with Gasteiger partial charge in [0.2, 0.25) is 0 Å². The lowest BCUT2D eigenvalue weighted by Crippen LogP contribution is -2.03. The van der Waals surface area contributed by atoms with Gasteiger partial charge in [0.05, 0.1) is 0 Å². The van der Waals surface area contributed by atoms with E-state index >= 15 is 0 Å². The lowest BCUT2D eigenvalue weighted by atomic mass is 9.97. The van der Waals surface area contributed by atoms with Crippen molar-refractivity contribution in [3.05, 3.63) is 53.6 Å². The van der Waals surface area contributed by atoms with Crippen LogP contribution in [-0.2, 0) is 4.79 Å². The van der Waals surface area contributed by atoms with Gasteiger partial charge in [0, 0.05) is 0 Å². The van der Waals surface area contributed by atoms with Crippen LogP contribution in [0.4, 0.5) is 0 Å². The molecule has 0 heterocycles. The maximum atomic E-state index is 11.3. The Morgan fingerprint density at radius 1 is 1.04 bits per heavy atom. The largest absolute Gasteiger partial charge is 0.295 e. The van der Waals surface area contributed by atoms with Crippen molar-refractivity contribution >= 4 is 11.9 Å². The van der Waals surface area contributed by atoms with Gasteiger partial charge in [0.25, 0.3) is 0 Å². The summed E-state index contributed by atoms with van der Waals surface area (Å²) in [6.07, 6.45) is 8.29. The number of carbonyl (C=O) groups excluding carboxylic acids is 1. The third kappa shape index (κ3) is 14.4. The van der Waals surface area contributed by atoms with Crippen LogP contribution in [0.15, 0.2) is 48.1 Å². The molecule has 0 amide bonds. The van der Waals surface area contributed by atoms with Gasteiger partial charge in [-0.3, -0.25) is 4.79 Å². The number of rotatable bonds is 8. The first-order valence-electron chi connectivity index (χ1n) is 9.86. The lowest BCUT2D eigenvalue weighted by molar-refractivity contribution is -0.113. The van der Waals surface area contributed by atoms with E-state index in [4.69, 9.17) is 0 Å². The minimum atomic E-state index is 0.156. The molecule has 1 aromatic carbocycles. The minimum absolute atomic E-state index is 0.156. The molecular weight excluding hydrogens is 304 g/mol. The number of hydrogen-bond acceptors (Lipinski definition) is 1. The molecule has 0 saturated carbocycles. The zero-order valence-electron chi connectivity index (χ0n) is 17.7. The third-order valence-corrected chi connectivity index (χ3v) is 3.64. The fourth-order valence-electron chi connectivity index (χ4n) is 2.31. The van der Waals surface area contributed by atoms with Gasteiger partial charge in [0.1, 0.15) is 0 Å². The van der Waals surface area contributed by atoms with Crippen LogP contribution in [0.5, 0.6) is 0 Å². The van der Waals surface area contributed by atoms with Gasteiger partial charge < -0.3 is 0 Å². The van der Waals surface area contributed by atoms with E-state index in [1.165, 1.54) is 37.7 Å². The SMILES string of the molecule is C=C(CCC)CCCC.CC.CC(=O)/C(=C\c1ccccc1)C(C)C. The molecule has 0 unspecified atom stereocenters. The van der Waals surface area contributed by atoms with Crippen LogP contribution in [0.25, 0.3) is 6.08 Å². The fourth-order valence-corrected chi connectivity index (χ4v) is 2.31. The van der Waals surface area contributed by atoms with Crippen molar-refractivity contribution in [2.45, 2.75) is 80.6 Å². The highest BCUT2D eigenvalue weighted by molar-refractivity contribution is 5.98. The van der Waals surface area contributed by atoms with Crippen molar-refractivity contribution < 1.29 is 4.79 Å². The Bertz CT molecular complexity index is 480. The highest BCUT2D eigenvalue weighted by Crippen LogP contribution is 2.15. The quantitative estimate of drug-likeness (QED) is 0.346. The standard InChI is InChI=1S/C13H16O.C9H18.C2H6/c1-10(2)13(11(3)14)9-12-7-5-4-6-8-12;1-4-6-8-9(3)7-5-2;1-2/h4-10H,1-3H3;3-8H2,1-2H3;1-2H3/b13-9-;;. The van der Waals surface area contributed by atoms with Crippen molar-refractivity contribution in [1.82, 2.24) is 0 Å². The van der Waals surface area contributed by atoms with Gasteiger partial charge >= 0.3 is 0 Å². The van der Waals surface area contributed by atoms with Crippen molar-refractivity contribution in [2.24, 2.45) is 5.92 Å². The van der Waals surface area contributed by atoms with Crippen LogP contribution in [0, 0.1) is 5.92 Å². The molecule has 1 nitrogen and oxygen atoms in total. The second-order valence-electron chi connectivity index (χ2n) is 6.32. The number of hydrogen-bond donors (Lipinski definition) is 0. The van der Waals surface area contributed by atoms with E-state index in [1.807, 2.05) is 64.1 Å². The molecule has 0 spiro atoms. The summed E-state index contributed by atoms with van der Waals surface area (Å²) in [4.78, 5) is 11.3. The summed E-state index contributed by atoms with van der Waals surface area (Å²) in [7, 11) is 0. The highest BCUT2D eigenvalue weighted by atomic mass is 16.1. The van der Waals surface area contributed by atoms with Crippen molar-refractivity contribution in [3.63, 3.8) is 0 Å². The number of Topliss-reactive ketones (excluding diaryl/α,β-unsaturated/α-hetero) is 1. The average Bonchev–Trinajstić information content (AvgIpc) is 2.61. The summed E-state index contributed by atoms with van der Waals surface area (Å²) < 4.78 is 0. The molecule has 0 saturated heterocycles. The molecule has 142 valence electrons. The summed E-state index contributed by atoms with van der Waals surface area (Å²) >= 11 is 0. The Morgan fingerprint density at radius 2 is 1.60 bits per heavy atom. The van der Waals surface area contributed by atoms with Crippen molar-refractivity contribution in [3.8, 4) is 0 Å². The van der Waals surface area contributed by atoms with Crippen molar-refractivity contribution in [1.29, 1.82) is 0 Å². The molecule has 25 heavy (non-hydrogen) atoms. The maximum Gasteiger partial charge on any atom is 0.156 e. The topological polar surface area (TPSA) is 17.1 Å². The highest BCUT2D eigenvalue weighted by Gasteiger charge is 2.07. The monoisotopic (exact) mass is 344 g/mol. The Balaban J connectivity index is 0. The number of unbranched alkanes of at least 4 members (excludes halogenated alkanes) is 1. The number of ketones is 1. The van der Waals surface area contributed by atoms with Crippen LogP contribution >= 0.6 is 0 Å². The molecule has 1 heteroatoms. The van der Waals surface area contributed by atoms with Gasteiger partial charge in [-0.15, -0.1) is 0 Å². The van der Waals surface area contributed by atoms with Crippen LogP contribution in [0.3, 0.4) is 0 Å². The van der Waals surface area contributed by atoms with E-state index in [-0.39, 0.29) is 11.7 Å². The van der Waals surface area contributed by atoms with Gasteiger partial charge in [-0.25, -0.2) is 0 Å². The third-order valence-electron chi connectivity index (χ3n) is 3.64. The molecule has 0 aliphatic rings. The first-order chi connectivity index (χ1) is 11.9. The zero-order valence-corrected chi connectivity index (χ0v) is 17.7. The summed E-state index contributed by atoms with van der Waals surface area (Å²) in [6, 6.07) is 9.94. The first kappa shape index (κ1) is 25.6. The Morgan fingerprint density at radius 3 is 2.00 bits per heavy atom. The number of carbonyl (C=O) groups is 1. The Labute approximate surface area is 157 Å². The summed E-state index contributed by atoms with van der Waals surface area (Å²) in [5.74, 6) is 0.441. The predicted octanol–water partition coefficient (Wildman–Crippen LogP) is 7.87. The minimum Gasteiger partial charge on any atom is -0.295 e. The number of benzene rings is 1. The van der Waals surface area contributed by atoms with Crippen LogP contribution < -0.4 is 0 Å². The second-order valence-corrected chi connectivity index (χ2v) is 6.32. The van der Waals surface area contributed by atoms with Crippen LogP contribution in [0.1, 0.15) is 86.1 Å². The first-order valence-corrected chi connectivity index (χ1v) is 9.86. The molecule has 1 aromatic rings. The van der Waals surface area contributed by atoms with Crippen molar-refractivity contribution in [2.75, 3.05) is 0 Å². The van der Waals surface area contributed by atoms with E-state index in [2.05, 4.69) is 20.4 Å². The Hall–Kier alpha value is -1.63. The second kappa shape index (κ2) is 17.2. The smallest absolute Gasteiger partial charge is 0.156 e. The Kier molecular flexibility index (Phi) is 17.6. The van der Waals surface area contributed by atoms with Crippen LogP contribution in [0.2, 0.25) is 0 Å². The van der Waals surface area contributed by atoms with Gasteiger partial charge in [-0.2, -0.15) is 0 Å². The summed E-state index contributed by atoms with van der Waals surface area (Å²) in [5.41, 5.74) is 3.40. The molecule has 0 atom stereocenters. The molecule has 0 aliphatic carbocycles. The molecule has 0 aliphatic heterocycles. The molecule has 0 bridgehead atoms. The zero-order chi connectivity index (χ0) is 19.7. The molecule has 0 radical (unpaired) electrons. The van der Waals surface area contributed by atoms with Crippen LogP contribution in [-0.4, -0.2) is 5.78 Å². The number of allylic oxidation sites excluding steroid dienone is 2. The normalized spacial score (nSPS) is 10.3. The molecular formula is C24H40O. The lowest BCUT2D eigenvalue weighted by Gasteiger charge is -2.07. The van der Waals surface area contributed by atoms with Gasteiger partial charge in [-0.05, 0) is 49.3 Å². The molecule has 0 N–H and O–H groups in total. The van der Waals surface area contributed by atoms with E-state index in [1.54, 1.807) is 6.92 Å². The molecule has 0 fully saturated rings. The molecule has 1 rings (SSSR count). The average molecular weight is 345 g/mol. The van der Waals surface area contributed by atoms with E-state index in [0.29, 0.717) is 0 Å². The van der Waals surface area contributed by atoms with E-state index in [0.717, 1.165) is 11.1 Å². The maximum absolute atomic E-state index is 11.3. The van der Waals surface area contributed by atoms with Gasteiger partial charge in [0.15, 0.2) is 5.78 Å². The summed E-state index contributed by atoms with van der Waals surface area (Å²) in [5, 5.41) is 0. The molecule has 0 aromatic heterocycles. The van der Waals surface area contributed by atoms with E-state index < -0.39 is 0 Å². The predicted molar refractivity (Wildman–Crippen MR) is 115 cm³/mol.